The molecule has 30 heavy (non-hydrogen) atoms. The van der Waals surface area contributed by atoms with Crippen LogP contribution in [0.2, 0.25) is 0 Å². The first-order chi connectivity index (χ1) is 14.5. The van der Waals surface area contributed by atoms with Gasteiger partial charge >= 0.3 is 0 Å². The predicted octanol–water partition coefficient (Wildman–Crippen LogP) is 3.47. The van der Waals surface area contributed by atoms with Crippen molar-refractivity contribution in [3.8, 4) is 5.75 Å². The molecule has 156 valence electrons. The quantitative estimate of drug-likeness (QED) is 0.604. The van der Waals surface area contributed by atoms with E-state index >= 15 is 0 Å². The lowest BCUT2D eigenvalue weighted by atomic mass is 10.1. The summed E-state index contributed by atoms with van der Waals surface area (Å²) in [6, 6.07) is 12.6. The Morgan fingerprint density at radius 2 is 2.03 bits per heavy atom. The van der Waals surface area contributed by atoms with E-state index in [1.807, 2.05) is 24.3 Å². The summed E-state index contributed by atoms with van der Waals surface area (Å²) in [5, 5.41) is 2.03. The van der Waals surface area contributed by atoms with Crippen molar-refractivity contribution in [3.63, 3.8) is 0 Å². The van der Waals surface area contributed by atoms with Crippen LogP contribution >= 0.6 is 11.3 Å². The van der Waals surface area contributed by atoms with Gasteiger partial charge in [0, 0.05) is 30.2 Å². The summed E-state index contributed by atoms with van der Waals surface area (Å²) in [4.78, 5) is 18.6. The van der Waals surface area contributed by atoms with Gasteiger partial charge in [0.1, 0.15) is 5.75 Å². The van der Waals surface area contributed by atoms with E-state index in [0.29, 0.717) is 30.9 Å². The number of nitrogens with one attached hydrogen (secondary N) is 1. The maximum atomic E-state index is 12.8. The molecule has 0 spiro atoms. The first-order valence-electron chi connectivity index (χ1n) is 9.45. The zero-order chi connectivity index (χ0) is 21.1. The van der Waals surface area contributed by atoms with Crippen molar-refractivity contribution in [2.75, 3.05) is 23.3 Å². The fourth-order valence-corrected chi connectivity index (χ4v) is 5.27. The third kappa shape index (κ3) is 4.31. The lowest BCUT2D eigenvalue weighted by Crippen LogP contribution is -2.29. The number of anilines is 2. The molecule has 1 amide bonds. The Kier molecular flexibility index (Phi) is 5.74. The number of amides is 1. The standard InChI is InChI=1S/C21H21N3O4S2/c1-28-17-5-2-15(3-6-17)4-9-20(25)24-12-10-16-14-18(7-8-19(16)24)30(26,27)23-21-22-11-13-29-21/h2-3,5-8,11,13-14H,4,9-10,12H2,1H3,(H,22,23). The van der Waals surface area contributed by atoms with E-state index in [2.05, 4.69) is 9.71 Å². The zero-order valence-electron chi connectivity index (χ0n) is 16.4. The molecule has 0 saturated heterocycles. The number of benzene rings is 2. The molecular formula is C21H21N3O4S2. The number of sulfonamides is 1. The van der Waals surface area contributed by atoms with Crippen LogP contribution in [0.4, 0.5) is 10.8 Å². The van der Waals surface area contributed by atoms with Gasteiger partial charge in [-0.05, 0) is 54.3 Å². The van der Waals surface area contributed by atoms with Crippen LogP contribution in [0.1, 0.15) is 17.5 Å². The molecule has 0 bridgehead atoms. The van der Waals surface area contributed by atoms with E-state index < -0.39 is 10.0 Å². The Labute approximate surface area is 179 Å². The summed E-state index contributed by atoms with van der Waals surface area (Å²) in [5.74, 6) is 0.815. The number of fused-ring (bicyclic) bond motifs is 1. The molecule has 9 heteroatoms. The summed E-state index contributed by atoms with van der Waals surface area (Å²) in [7, 11) is -2.09. The second-order valence-corrected chi connectivity index (χ2v) is 9.45. The van der Waals surface area contributed by atoms with Crippen molar-refractivity contribution in [2.24, 2.45) is 0 Å². The monoisotopic (exact) mass is 443 g/mol. The first kappa shape index (κ1) is 20.4. The van der Waals surface area contributed by atoms with Crippen molar-refractivity contribution in [1.29, 1.82) is 0 Å². The number of hydrogen-bond donors (Lipinski definition) is 1. The summed E-state index contributed by atoms with van der Waals surface area (Å²) < 4.78 is 32.8. The molecule has 1 aromatic heterocycles. The highest BCUT2D eigenvalue weighted by Gasteiger charge is 2.26. The topological polar surface area (TPSA) is 88.6 Å². The largest absolute Gasteiger partial charge is 0.497 e. The van der Waals surface area contributed by atoms with Gasteiger partial charge in [-0.1, -0.05) is 12.1 Å². The molecular weight excluding hydrogens is 422 g/mol. The fourth-order valence-electron chi connectivity index (χ4n) is 3.43. The Morgan fingerprint density at radius 1 is 1.23 bits per heavy atom. The van der Waals surface area contributed by atoms with Gasteiger partial charge in [-0.15, -0.1) is 11.3 Å². The van der Waals surface area contributed by atoms with Crippen molar-refractivity contribution >= 4 is 38.1 Å². The van der Waals surface area contributed by atoms with E-state index in [1.165, 1.54) is 17.4 Å². The molecule has 4 rings (SSSR count). The minimum Gasteiger partial charge on any atom is -0.497 e. The highest BCUT2D eigenvalue weighted by molar-refractivity contribution is 7.93. The van der Waals surface area contributed by atoms with E-state index in [-0.39, 0.29) is 10.8 Å². The molecule has 0 aliphatic carbocycles. The highest BCUT2D eigenvalue weighted by Crippen LogP contribution is 2.31. The summed E-state index contributed by atoms with van der Waals surface area (Å²) in [6.07, 6.45) is 3.20. The molecule has 0 saturated carbocycles. The molecule has 1 N–H and O–H groups in total. The molecule has 3 aromatic rings. The van der Waals surface area contributed by atoms with Crippen LogP contribution in [0.15, 0.2) is 58.9 Å². The molecule has 1 aliphatic heterocycles. The number of carbonyl (C=O) groups excluding carboxylic acids is 1. The minimum atomic E-state index is -3.71. The van der Waals surface area contributed by atoms with Crippen molar-refractivity contribution in [2.45, 2.75) is 24.2 Å². The number of methoxy groups -OCH3 is 1. The van der Waals surface area contributed by atoms with Crippen LogP contribution in [-0.2, 0) is 27.7 Å². The Hall–Kier alpha value is -2.91. The Morgan fingerprint density at radius 3 is 2.73 bits per heavy atom. The average molecular weight is 444 g/mol. The third-order valence-corrected chi connectivity index (χ3v) is 7.15. The van der Waals surface area contributed by atoms with Gasteiger partial charge in [-0.2, -0.15) is 0 Å². The number of rotatable bonds is 7. The van der Waals surface area contributed by atoms with Crippen molar-refractivity contribution in [3.05, 3.63) is 65.2 Å². The Bertz CT molecular complexity index is 1140. The maximum Gasteiger partial charge on any atom is 0.263 e. The summed E-state index contributed by atoms with van der Waals surface area (Å²) >= 11 is 1.22. The first-order valence-corrected chi connectivity index (χ1v) is 11.8. The van der Waals surface area contributed by atoms with Gasteiger partial charge in [-0.3, -0.25) is 9.52 Å². The molecule has 1 aliphatic rings. The molecule has 0 fully saturated rings. The number of aryl methyl sites for hydroxylation is 1. The van der Waals surface area contributed by atoms with Gasteiger partial charge in [0.25, 0.3) is 10.0 Å². The highest BCUT2D eigenvalue weighted by atomic mass is 32.2. The minimum absolute atomic E-state index is 0.0288. The van der Waals surface area contributed by atoms with E-state index in [0.717, 1.165) is 22.6 Å². The molecule has 0 radical (unpaired) electrons. The van der Waals surface area contributed by atoms with Crippen LogP contribution in [0.25, 0.3) is 0 Å². The van der Waals surface area contributed by atoms with Crippen LogP contribution in [0.3, 0.4) is 0 Å². The lowest BCUT2D eigenvalue weighted by Gasteiger charge is -2.18. The number of ether oxygens (including phenoxy) is 1. The summed E-state index contributed by atoms with van der Waals surface area (Å²) in [6.45, 7) is 0.556. The van der Waals surface area contributed by atoms with Crippen LogP contribution in [0.5, 0.6) is 5.75 Å². The molecule has 7 nitrogen and oxygen atoms in total. The predicted molar refractivity (Wildman–Crippen MR) is 117 cm³/mol. The normalized spacial score (nSPS) is 13.2. The maximum absolute atomic E-state index is 12.8. The molecule has 2 aromatic carbocycles. The average Bonchev–Trinajstić information content (AvgIpc) is 3.41. The van der Waals surface area contributed by atoms with E-state index in [9.17, 15) is 13.2 Å². The molecule has 2 heterocycles. The second kappa shape index (κ2) is 8.45. The van der Waals surface area contributed by atoms with Gasteiger partial charge in [0.15, 0.2) is 5.13 Å². The fraction of sp³-hybridized carbons (Fsp3) is 0.238. The van der Waals surface area contributed by atoms with Gasteiger partial charge in [0.2, 0.25) is 5.91 Å². The number of carbonyl (C=O) groups is 1. The van der Waals surface area contributed by atoms with Crippen LogP contribution in [-0.4, -0.2) is 33.0 Å². The SMILES string of the molecule is COc1ccc(CCC(=O)N2CCc3cc(S(=O)(=O)Nc4nccs4)ccc32)cc1. The zero-order valence-corrected chi connectivity index (χ0v) is 18.0. The number of aromatic nitrogens is 1. The molecule has 0 atom stereocenters. The smallest absolute Gasteiger partial charge is 0.263 e. The van der Waals surface area contributed by atoms with Gasteiger partial charge in [0.05, 0.1) is 12.0 Å². The second-order valence-electron chi connectivity index (χ2n) is 6.88. The number of nitrogens with zero attached hydrogens (tertiary/aromatic N) is 2. The third-order valence-electron chi connectivity index (χ3n) is 5.00. The van der Waals surface area contributed by atoms with E-state index in [1.54, 1.807) is 35.7 Å². The van der Waals surface area contributed by atoms with Crippen molar-refractivity contribution < 1.29 is 17.9 Å². The van der Waals surface area contributed by atoms with Gasteiger partial charge < -0.3 is 9.64 Å². The molecule has 0 unspecified atom stereocenters. The van der Waals surface area contributed by atoms with Gasteiger partial charge in [-0.25, -0.2) is 13.4 Å². The van der Waals surface area contributed by atoms with Crippen molar-refractivity contribution in [1.82, 2.24) is 4.98 Å². The number of hydrogen-bond acceptors (Lipinski definition) is 6. The summed E-state index contributed by atoms with van der Waals surface area (Å²) in [5.41, 5.74) is 2.70. The van der Waals surface area contributed by atoms with Crippen LogP contribution < -0.4 is 14.4 Å². The van der Waals surface area contributed by atoms with Crippen LogP contribution in [0, 0.1) is 0 Å². The number of thiazole rings is 1. The lowest BCUT2D eigenvalue weighted by molar-refractivity contribution is -0.118. The Balaban J connectivity index is 1.44. The van der Waals surface area contributed by atoms with E-state index in [4.69, 9.17) is 4.74 Å².